The molecule has 0 spiro atoms. The molecule has 0 amide bonds. The smallest absolute Gasteiger partial charge is 0.199 e. The van der Waals surface area contributed by atoms with Crippen LogP contribution in [0.15, 0.2) is 121 Å². The predicted molar refractivity (Wildman–Crippen MR) is 134 cm³/mol. The number of rotatable bonds is 4. The van der Waals surface area contributed by atoms with Gasteiger partial charge >= 0.3 is 0 Å². The van der Waals surface area contributed by atoms with Crippen molar-refractivity contribution in [2.75, 3.05) is 0 Å². The van der Waals surface area contributed by atoms with Crippen molar-refractivity contribution in [2.45, 2.75) is 6.92 Å². The largest absolute Gasteiger partial charge is 0.213 e. The number of hydrogen-bond donors (Lipinski definition) is 0. The summed E-state index contributed by atoms with van der Waals surface area (Å²) in [6.07, 6.45) is 0. The Labute approximate surface area is 190 Å². The normalized spacial score (nSPS) is 10.8. The lowest BCUT2D eigenvalue weighted by Crippen LogP contribution is -2.34. The van der Waals surface area contributed by atoms with Crippen molar-refractivity contribution < 1.29 is 4.57 Å². The van der Waals surface area contributed by atoms with E-state index in [4.69, 9.17) is 0 Å². The summed E-state index contributed by atoms with van der Waals surface area (Å²) < 4.78 is 2.29. The van der Waals surface area contributed by atoms with Crippen LogP contribution in [0.2, 0.25) is 0 Å². The van der Waals surface area contributed by atoms with Gasteiger partial charge in [0, 0.05) is 19.1 Å². The Hall–Kier alpha value is -3.97. The third kappa shape index (κ3) is 3.74. The van der Waals surface area contributed by atoms with Crippen LogP contribution in [0.4, 0.5) is 0 Å². The van der Waals surface area contributed by atoms with Gasteiger partial charge in [0.1, 0.15) is 7.05 Å². The van der Waals surface area contributed by atoms with Crippen LogP contribution >= 0.6 is 0 Å². The van der Waals surface area contributed by atoms with Crippen LogP contribution in [0, 0.1) is 6.92 Å². The highest BCUT2D eigenvalue weighted by Gasteiger charge is 2.23. The molecular formula is C31H26N+. The molecule has 5 rings (SSSR count). The average Bonchev–Trinajstić information content (AvgIpc) is 2.87. The Bertz CT molecular complexity index is 1290. The van der Waals surface area contributed by atoms with Gasteiger partial charge in [-0.2, -0.15) is 4.57 Å². The number of nitrogens with zero attached hydrogens (tertiary/aromatic N) is 1. The maximum atomic E-state index is 2.34. The fraction of sp³-hybridized carbons (Fsp3) is 0.0645. The molecule has 0 fully saturated rings. The molecule has 0 atom stereocenters. The lowest BCUT2D eigenvalue weighted by Gasteiger charge is -2.18. The topological polar surface area (TPSA) is 3.88 Å². The van der Waals surface area contributed by atoms with Crippen molar-refractivity contribution in [3.8, 4) is 44.6 Å². The molecule has 4 aromatic carbocycles. The number of hydrogen-bond acceptors (Lipinski definition) is 0. The molecule has 0 aliphatic heterocycles. The highest BCUT2D eigenvalue weighted by molar-refractivity contribution is 5.96. The maximum Gasteiger partial charge on any atom is 0.213 e. The Kier molecular flexibility index (Phi) is 5.39. The minimum atomic E-state index is 1.21. The Morgan fingerprint density at radius 2 is 0.938 bits per heavy atom. The van der Waals surface area contributed by atoms with E-state index >= 15 is 0 Å². The lowest BCUT2D eigenvalue weighted by molar-refractivity contribution is -0.666. The van der Waals surface area contributed by atoms with Gasteiger partial charge in [-0.05, 0) is 51.6 Å². The first kappa shape index (κ1) is 20.0. The van der Waals surface area contributed by atoms with E-state index in [2.05, 4.69) is 140 Å². The molecule has 0 radical (unpaired) electrons. The summed E-state index contributed by atoms with van der Waals surface area (Å²) in [5.41, 5.74) is 11.1. The first-order valence-electron chi connectivity index (χ1n) is 11.0. The standard InChI is InChI=1S/C31H26N/c1-23-13-12-20-30(32(23)2)31-28(25-16-8-4-9-17-25)21-27(24-14-6-3-7-15-24)22-29(31)26-18-10-5-11-19-26/h3-22H,1-2H3/q+1. The van der Waals surface area contributed by atoms with Gasteiger partial charge in [0.2, 0.25) is 5.69 Å². The summed E-state index contributed by atoms with van der Waals surface area (Å²) in [4.78, 5) is 0. The third-order valence-electron chi connectivity index (χ3n) is 6.15. The van der Waals surface area contributed by atoms with Gasteiger partial charge in [0.05, 0.1) is 5.56 Å². The van der Waals surface area contributed by atoms with E-state index in [1.165, 1.54) is 50.3 Å². The van der Waals surface area contributed by atoms with Crippen LogP contribution in [0.5, 0.6) is 0 Å². The second-order valence-corrected chi connectivity index (χ2v) is 8.16. The lowest BCUT2D eigenvalue weighted by atomic mass is 9.86. The van der Waals surface area contributed by atoms with Gasteiger partial charge in [0.25, 0.3) is 0 Å². The molecule has 0 unspecified atom stereocenters. The van der Waals surface area contributed by atoms with Crippen LogP contribution in [-0.2, 0) is 7.05 Å². The number of aryl methyl sites for hydroxylation is 1. The van der Waals surface area contributed by atoms with Crippen molar-refractivity contribution in [3.05, 3.63) is 127 Å². The fourth-order valence-electron chi connectivity index (χ4n) is 4.35. The van der Waals surface area contributed by atoms with E-state index in [-0.39, 0.29) is 0 Å². The zero-order valence-corrected chi connectivity index (χ0v) is 18.5. The van der Waals surface area contributed by atoms with Crippen molar-refractivity contribution in [1.82, 2.24) is 0 Å². The van der Waals surface area contributed by atoms with E-state index in [1.807, 2.05) is 0 Å². The molecule has 1 heterocycles. The molecule has 1 heteroatoms. The van der Waals surface area contributed by atoms with E-state index in [0.717, 1.165) is 0 Å². The van der Waals surface area contributed by atoms with E-state index in [1.54, 1.807) is 0 Å². The molecule has 0 saturated heterocycles. The molecule has 0 aliphatic carbocycles. The van der Waals surface area contributed by atoms with Crippen LogP contribution in [-0.4, -0.2) is 0 Å². The van der Waals surface area contributed by atoms with E-state index in [0.29, 0.717) is 0 Å². The zero-order valence-electron chi connectivity index (χ0n) is 18.5. The summed E-state index contributed by atoms with van der Waals surface area (Å²) in [6.45, 7) is 2.16. The van der Waals surface area contributed by atoms with Crippen molar-refractivity contribution in [2.24, 2.45) is 7.05 Å². The van der Waals surface area contributed by atoms with Gasteiger partial charge in [0.15, 0.2) is 5.69 Å². The van der Waals surface area contributed by atoms with Gasteiger partial charge in [-0.3, -0.25) is 0 Å². The van der Waals surface area contributed by atoms with Crippen molar-refractivity contribution >= 4 is 0 Å². The monoisotopic (exact) mass is 412 g/mol. The highest BCUT2D eigenvalue weighted by atomic mass is 14.9. The Balaban J connectivity index is 1.91. The summed E-state index contributed by atoms with van der Waals surface area (Å²) in [5, 5.41) is 0. The zero-order chi connectivity index (χ0) is 21.9. The molecule has 32 heavy (non-hydrogen) atoms. The molecule has 0 bridgehead atoms. The molecular weight excluding hydrogens is 386 g/mol. The number of pyridine rings is 1. The van der Waals surface area contributed by atoms with Gasteiger partial charge < -0.3 is 0 Å². The van der Waals surface area contributed by atoms with Crippen LogP contribution < -0.4 is 4.57 Å². The fourth-order valence-corrected chi connectivity index (χ4v) is 4.35. The van der Waals surface area contributed by atoms with Crippen molar-refractivity contribution in [3.63, 3.8) is 0 Å². The molecule has 154 valence electrons. The Morgan fingerprint density at radius 3 is 1.44 bits per heavy atom. The summed E-state index contributed by atoms with van der Waals surface area (Å²) in [6, 6.07) is 43.3. The van der Waals surface area contributed by atoms with Gasteiger partial charge in [-0.1, -0.05) is 91.0 Å². The van der Waals surface area contributed by atoms with Crippen LogP contribution in [0.25, 0.3) is 44.6 Å². The molecule has 0 N–H and O–H groups in total. The predicted octanol–water partition coefficient (Wildman–Crippen LogP) is 7.49. The summed E-state index contributed by atoms with van der Waals surface area (Å²) in [7, 11) is 2.15. The number of benzene rings is 4. The van der Waals surface area contributed by atoms with Crippen molar-refractivity contribution in [1.29, 1.82) is 0 Å². The molecule has 0 saturated carbocycles. The molecule has 0 aliphatic rings. The summed E-state index contributed by atoms with van der Waals surface area (Å²) >= 11 is 0. The Morgan fingerprint density at radius 1 is 0.469 bits per heavy atom. The number of aromatic nitrogens is 1. The maximum absolute atomic E-state index is 2.34. The van der Waals surface area contributed by atoms with E-state index in [9.17, 15) is 0 Å². The molecule has 5 aromatic rings. The third-order valence-corrected chi connectivity index (χ3v) is 6.15. The summed E-state index contributed by atoms with van der Waals surface area (Å²) in [5.74, 6) is 0. The van der Waals surface area contributed by atoms with E-state index < -0.39 is 0 Å². The first-order valence-corrected chi connectivity index (χ1v) is 11.0. The molecule has 1 nitrogen and oxygen atoms in total. The minimum Gasteiger partial charge on any atom is -0.199 e. The SMILES string of the molecule is Cc1cccc(-c2c(-c3ccccc3)cc(-c3ccccc3)cc2-c2ccccc2)[n+]1C. The second-order valence-electron chi connectivity index (χ2n) is 8.16. The minimum absolute atomic E-state index is 1.21. The van der Waals surface area contributed by atoms with Crippen LogP contribution in [0.1, 0.15) is 5.69 Å². The average molecular weight is 413 g/mol. The first-order chi connectivity index (χ1) is 15.7. The van der Waals surface area contributed by atoms with Gasteiger partial charge in [-0.15, -0.1) is 0 Å². The highest BCUT2D eigenvalue weighted by Crippen LogP contribution is 2.42. The van der Waals surface area contributed by atoms with Gasteiger partial charge in [-0.25, -0.2) is 0 Å². The van der Waals surface area contributed by atoms with Crippen LogP contribution in [0.3, 0.4) is 0 Å². The quantitative estimate of drug-likeness (QED) is 0.269. The molecule has 1 aromatic heterocycles. The second kappa shape index (κ2) is 8.64.